The fraction of sp³-hybridized carbons (Fsp3) is 0.476. The summed E-state index contributed by atoms with van der Waals surface area (Å²) in [6, 6.07) is 8.46. The Kier molecular flexibility index (Phi) is 5.45. The third-order valence-corrected chi connectivity index (χ3v) is 5.40. The van der Waals surface area contributed by atoms with Gasteiger partial charge in [-0.25, -0.2) is 9.97 Å². The van der Waals surface area contributed by atoms with Crippen molar-refractivity contribution in [2.24, 2.45) is 0 Å². The normalized spacial score (nSPS) is 20.3. The van der Waals surface area contributed by atoms with Crippen LogP contribution in [0.1, 0.15) is 39.5 Å². The number of ketones is 1. The number of ether oxygens (including phenoxy) is 1. The van der Waals surface area contributed by atoms with Gasteiger partial charge in [-0.3, -0.25) is 9.69 Å². The highest BCUT2D eigenvalue weighted by molar-refractivity contribution is 5.98. The number of nitrogens with one attached hydrogen (secondary N) is 1. The monoisotopic (exact) mass is 366 g/mol. The SMILES string of the molecule is Cc1ccc(C2CC(=O)c3cnc(NCCN4CCOCC4)nc3C2)cc1. The molecule has 0 amide bonds. The average Bonchev–Trinajstić information content (AvgIpc) is 2.69. The summed E-state index contributed by atoms with van der Waals surface area (Å²) in [6.45, 7) is 7.35. The Bertz CT molecular complexity index is 800. The van der Waals surface area contributed by atoms with Crippen molar-refractivity contribution in [3.63, 3.8) is 0 Å². The number of hydrogen-bond acceptors (Lipinski definition) is 6. The van der Waals surface area contributed by atoms with Crippen LogP contribution in [0.25, 0.3) is 0 Å². The molecule has 142 valence electrons. The van der Waals surface area contributed by atoms with Crippen molar-refractivity contribution in [2.45, 2.75) is 25.7 Å². The maximum Gasteiger partial charge on any atom is 0.222 e. The van der Waals surface area contributed by atoms with E-state index in [0.29, 0.717) is 17.9 Å². The van der Waals surface area contributed by atoms with Gasteiger partial charge in [-0.1, -0.05) is 29.8 Å². The molecule has 4 rings (SSSR count). The van der Waals surface area contributed by atoms with Gasteiger partial charge in [-0.15, -0.1) is 0 Å². The maximum atomic E-state index is 12.5. The van der Waals surface area contributed by atoms with Gasteiger partial charge in [0.15, 0.2) is 5.78 Å². The van der Waals surface area contributed by atoms with Crippen LogP contribution in [0.15, 0.2) is 30.5 Å². The van der Waals surface area contributed by atoms with E-state index < -0.39 is 0 Å². The number of rotatable bonds is 5. The minimum absolute atomic E-state index is 0.140. The van der Waals surface area contributed by atoms with Crippen LogP contribution < -0.4 is 5.32 Å². The number of aryl methyl sites for hydroxylation is 1. The highest BCUT2D eigenvalue weighted by atomic mass is 16.5. The number of carbonyl (C=O) groups is 1. The summed E-state index contributed by atoms with van der Waals surface area (Å²) in [7, 11) is 0. The number of aromatic nitrogens is 2. The lowest BCUT2D eigenvalue weighted by Crippen LogP contribution is -2.39. The van der Waals surface area contributed by atoms with Crippen LogP contribution in [0.5, 0.6) is 0 Å². The van der Waals surface area contributed by atoms with E-state index in [1.807, 2.05) is 0 Å². The second kappa shape index (κ2) is 8.15. The number of hydrogen-bond donors (Lipinski definition) is 1. The van der Waals surface area contributed by atoms with Crippen LogP contribution in [0.3, 0.4) is 0 Å². The Morgan fingerprint density at radius 1 is 1.19 bits per heavy atom. The van der Waals surface area contributed by atoms with Gasteiger partial charge in [0.1, 0.15) is 0 Å². The zero-order valence-electron chi connectivity index (χ0n) is 15.8. The standard InChI is InChI=1S/C21H26N4O2/c1-15-2-4-16(5-3-15)17-12-19-18(20(26)13-17)14-23-21(24-19)22-6-7-25-8-10-27-11-9-25/h2-5,14,17H,6-13H2,1H3,(H,22,23,24). The molecule has 1 aromatic heterocycles. The van der Waals surface area contributed by atoms with E-state index in [-0.39, 0.29) is 11.7 Å². The smallest absolute Gasteiger partial charge is 0.222 e. The van der Waals surface area contributed by atoms with Gasteiger partial charge in [0.05, 0.1) is 24.5 Å². The molecule has 1 aliphatic carbocycles. The van der Waals surface area contributed by atoms with Crippen LogP contribution in [0, 0.1) is 6.92 Å². The molecule has 0 saturated carbocycles. The molecule has 1 atom stereocenters. The van der Waals surface area contributed by atoms with Gasteiger partial charge >= 0.3 is 0 Å². The molecule has 6 heteroatoms. The van der Waals surface area contributed by atoms with Gasteiger partial charge < -0.3 is 10.1 Å². The fourth-order valence-electron chi connectivity index (χ4n) is 3.76. The van der Waals surface area contributed by atoms with Gasteiger partial charge in [0.2, 0.25) is 5.95 Å². The molecule has 1 fully saturated rings. The van der Waals surface area contributed by atoms with Crippen molar-refractivity contribution in [1.82, 2.24) is 14.9 Å². The molecule has 1 unspecified atom stereocenters. The number of nitrogens with zero attached hydrogens (tertiary/aromatic N) is 3. The Balaban J connectivity index is 1.42. The number of benzene rings is 1. The Labute approximate surface area is 160 Å². The summed E-state index contributed by atoms with van der Waals surface area (Å²) in [5, 5.41) is 3.30. The topological polar surface area (TPSA) is 67.4 Å². The molecule has 0 bridgehead atoms. The summed E-state index contributed by atoms with van der Waals surface area (Å²) in [4.78, 5) is 23.9. The fourth-order valence-corrected chi connectivity index (χ4v) is 3.76. The Morgan fingerprint density at radius 2 is 1.96 bits per heavy atom. The molecule has 6 nitrogen and oxygen atoms in total. The van der Waals surface area contributed by atoms with Crippen molar-refractivity contribution in [2.75, 3.05) is 44.7 Å². The van der Waals surface area contributed by atoms with E-state index in [1.54, 1.807) is 6.20 Å². The molecule has 1 N–H and O–H groups in total. The molecule has 2 aliphatic rings. The molecule has 27 heavy (non-hydrogen) atoms. The van der Waals surface area contributed by atoms with E-state index in [2.05, 4.69) is 51.4 Å². The molecule has 1 aliphatic heterocycles. The number of anilines is 1. The van der Waals surface area contributed by atoms with E-state index in [9.17, 15) is 4.79 Å². The predicted octanol–water partition coefficient (Wildman–Crippen LogP) is 2.44. The second-order valence-electron chi connectivity index (χ2n) is 7.37. The van der Waals surface area contributed by atoms with Crippen molar-refractivity contribution < 1.29 is 9.53 Å². The number of morpholine rings is 1. The average molecular weight is 366 g/mol. The summed E-state index contributed by atoms with van der Waals surface area (Å²) in [6.07, 6.45) is 3.00. The van der Waals surface area contributed by atoms with Gasteiger partial charge in [0, 0.05) is 38.8 Å². The van der Waals surface area contributed by atoms with Crippen LogP contribution in [0.4, 0.5) is 5.95 Å². The number of carbonyl (C=O) groups excluding carboxylic acids is 1. The molecule has 2 heterocycles. The van der Waals surface area contributed by atoms with Crippen molar-refractivity contribution >= 4 is 11.7 Å². The zero-order chi connectivity index (χ0) is 18.6. The van der Waals surface area contributed by atoms with Crippen molar-refractivity contribution in [3.05, 3.63) is 52.8 Å². The number of fused-ring (bicyclic) bond motifs is 1. The second-order valence-corrected chi connectivity index (χ2v) is 7.37. The number of Topliss-reactive ketones (excluding diaryl/α,β-unsaturated/α-hetero) is 1. The summed E-state index contributed by atoms with van der Waals surface area (Å²) >= 11 is 0. The largest absolute Gasteiger partial charge is 0.379 e. The highest BCUT2D eigenvalue weighted by Gasteiger charge is 2.28. The third kappa shape index (κ3) is 4.34. The van der Waals surface area contributed by atoms with Gasteiger partial charge in [-0.05, 0) is 24.8 Å². The molecule has 1 aromatic carbocycles. The molecule has 0 spiro atoms. The van der Waals surface area contributed by atoms with E-state index >= 15 is 0 Å². The first kappa shape index (κ1) is 18.1. The lowest BCUT2D eigenvalue weighted by Gasteiger charge is -2.26. The van der Waals surface area contributed by atoms with Gasteiger partial charge in [-0.2, -0.15) is 0 Å². The molecular weight excluding hydrogens is 340 g/mol. The molecule has 0 radical (unpaired) electrons. The quantitative estimate of drug-likeness (QED) is 0.877. The third-order valence-electron chi connectivity index (χ3n) is 5.40. The first-order valence-corrected chi connectivity index (χ1v) is 9.69. The highest BCUT2D eigenvalue weighted by Crippen LogP contribution is 2.32. The van der Waals surface area contributed by atoms with Crippen molar-refractivity contribution in [1.29, 1.82) is 0 Å². The first-order valence-electron chi connectivity index (χ1n) is 9.69. The van der Waals surface area contributed by atoms with Crippen molar-refractivity contribution in [3.8, 4) is 0 Å². The Morgan fingerprint density at radius 3 is 2.74 bits per heavy atom. The minimum Gasteiger partial charge on any atom is -0.379 e. The van der Waals surface area contributed by atoms with Crippen LogP contribution in [-0.4, -0.2) is 60.0 Å². The molecule has 2 aromatic rings. The first-order chi connectivity index (χ1) is 13.2. The predicted molar refractivity (Wildman–Crippen MR) is 104 cm³/mol. The molecule has 1 saturated heterocycles. The molecular formula is C21H26N4O2. The van der Waals surface area contributed by atoms with Crippen LogP contribution >= 0.6 is 0 Å². The lowest BCUT2D eigenvalue weighted by molar-refractivity contribution is 0.0398. The van der Waals surface area contributed by atoms with Gasteiger partial charge in [0.25, 0.3) is 0 Å². The zero-order valence-corrected chi connectivity index (χ0v) is 15.8. The van der Waals surface area contributed by atoms with Crippen LogP contribution in [0.2, 0.25) is 0 Å². The maximum absolute atomic E-state index is 12.5. The summed E-state index contributed by atoms with van der Waals surface area (Å²) in [5.74, 6) is 0.947. The summed E-state index contributed by atoms with van der Waals surface area (Å²) < 4.78 is 5.37. The van der Waals surface area contributed by atoms with E-state index in [1.165, 1.54) is 11.1 Å². The lowest BCUT2D eigenvalue weighted by atomic mass is 9.82. The van der Waals surface area contributed by atoms with E-state index in [4.69, 9.17) is 4.74 Å². The minimum atomic E-state index is 0.140. The van der Waals surface area contributed by atoms with Crippen LogP contribution in [-0.2, 0) is 11.2 Å². The Hall–Kier alpha value is -2.31. The summed E-state index contributed by atoms with van der Waals surface area (Å²) in [5.41, 5.74) is 3.98. The van der Waals surface area contributed by atoms with E-state index in [0.717, 1.165) is 51.5 Å².